The maximum Gasteiger partial charge on any atom is 0.191 e. The fourth-order valence-electron chi connectivity index (χ4n) is 3.04. The van der Waals surface area contributed by atoms with Crippen LogP contribution >= 0.6 is 0 Å². The SMILES string of the molecule is CN=C(NCc1ccnc(N2CCN(C)CC2)c1)NCc1cc(F)ccc1F. The third kappa shape index (κ3) is 5.39. The molecule has 0 atom stereocenters. The third-order valence-electron chi connectivity index (χ3n) is 4.77. The summed E-state index contributed by atoms with van der Waals surface area (Å²) in [6.45, 7) is 4.67. The number of nitrogens with one attached hydrogen (secondary N) is 2. The van der Waals surface area contributed by atoms with Gasteiger partial charge in [0.25, 0.3) is 0 Å². The summed E-state index contributed by atoms with van der Waals surface area (Å²) in [5, 5.41) is 6.20. The van der Waals surface area contributed by atoms with Gasteiger partial charge in [-0.05, 0) is 42.9 Å². The molecule has 150 valence electrons. The molecule has 0 radical (unpaired) electrons. The van der Waals surface area contributed by atoms with Crippen molar-refractivity contribution in [3.63, 3.8) is 0 Å². The van der Waals surface area contributed by atoms with Crippen LogP contribution in [0.5, 0.6) is 0 Å². The predicted molar refractivity (Wildman–Crippen MR) is 107 cm³/mol. The lowest BCUT2D eigenvalue weighted by Crippen LogP contribution is -2.44. The summed E-state index contributed by atoms with van der Waals surface area (Å²) in [6.07, 6.45) is 1.81. The van der Waals surface area contributed by atoms with Crippen molar-refractivity contribution in [1.29, 1.82) is 0 Å². The number of hydrogen-bond donors (Lipinski definition) is 2. The molecule has 1 fully saturated rings. The Morgan fingerprint density at radius 3 is 2.57 bits per heavy atom. The zero-order chi connectivity index (χ0) is 19.9. The number of aliphatic imine (C=N–C) groups is 1. The molecule has 3 rings (SSSR count). The van der Waals surface area contributed by atoms with E-state index in [9.17, 15) is 8.78 Å². The van der Waals surface area contributed by atoms with Crippen LogP contribution in [0.1, 0.15) is 11.1 Å². The number of rotatable bonds is 5. The molecule has 8 heteroatoms. The number of hydrogen-bond acceptors (Lipinski definition) is 4. The van der Waals surface area contributed by atoms with Crippen LogP contribution in [0.15, 0.2) is 41.5 Å². The lowest BCUT2D eigenvalue weighted by molar-refractivity contribution is 0.312. The van der Waals surface area contributed by atoms with Crippen molar-refractivity contribution < 1.29 is 8.78 Å². The monoisotopic (exact) mass is 388 g/mol. The summed E-state index contributed by atoms with van der Waals surface area (Å²) in [5.74, 6) is 0.573. The summed E-state index contributed by atoms with van der Waals surface area (Å²) in [7, 11) is 3.76. The molecule has 1 saturated heterocycles. The smallest absolute Gasteiger partial charge is 0.191 e. The zero-order valence-corrected chi connectivity index (χ0v) is 16.3. The van der Waals surface area contributed by atoms with Crippen LogP contribution in [0.3, 0.4) is 0 Å². The van der Waals surface area contributed by atoms with Crippen LogP contribution in [0.2, 0.25) is 0 Å². The van der Waals surface area contributed by atoms with E-state index in [2.05, 4.69) is 43.5 Å². The summed E-state index contributed by atoms with van der Waals surface area (Å²) < 4.78 is 27.0. The normalized spacial score (nSPS) is 15.6. The third-order valence-corrected chi connectivity index (χ3v) is 4.77. The van der Waals surface area contributed by atoms with Crippen molar-refractivity contribution in [2.24, 2.45) is 4.99 Å². The highest BCUT2D eigenvalue weighted by Gasteiger charge is 2.15. The number of aromatic nitrogens is 1. The minimum absolute atomic E-state index is 0.145. The fraction of sp³-hybridized carbons (Fsp3) is 0.400. The van der Waals surface area contributed by atoms with E-state index in [1.807, 2.05) is 12.3 Å². The number of benzene rings is 1. The maximum atomic E-state index is 13.7. The molecule has 1 aromatic carbocycles. The van der Waals surface area contributed by atoms with E-state index in [1.165, 1.54) is 6.07 Å². The van der Waals surface area contributed by atoms with Crippen LogP contribution in [-0.2, 0) is 13.1 Å². The molecule has 0 amide bonds. The number of halogens is 2. The van der Waals surface area contributed by atoms with E-state index in [1.54, 1.807) is 7.05 Å². The Kier molecular flexibility index (Phi) is 6.76. The van der Waals surface area contributed by atoms with Gasteiger partial charge < -0.3 is 20.4 Å². The van der Waals surface area contributed by atoms with Gasteiger partial charge in [0.15, 0.2) is 5.96 Å². The maximum absolute atomic E-state index is 13.7. The van der Waals surface area contributed by atoms with Gasteiger partial charge in [-0.3, -0.25) is 4.99 Å². The first kappa shape index (κ1) is 20.0. The molecule has 0 unspecified atom stereocenters. The number of pyridine rings is 1. The average molecular weight is 388 g/mol. The lowest BCUT2D eigenvalue weighted by Gasteiger charge is -2.33. The molecule has 1 aromatic heterocycles. The quantitative estimate of drug-likeness (QED) is 0.606. The Morgan fingerprint density at radius 1 is 1.07 bits per heavy atom. The number of guanidine groups is 1. The average Bonchev–Trinajstić information content (AvgIpc) is 2.71. The largest absolute Gasteiger partial charge is 0.354 e. The molecule has 0 bridgehead atoms. The number of piperazine rings is 1. The molecular weight excluding hydrogens is 362 g/mol. The standard InChI is InChI=1S/C20H26F2N6/c1-23-20(26-14-16-12-17(21)3-4-18(16)22)25-13-15-5-6-24-19(11-15)28-9-7-27(2)8-10-28/h3-6,11-12H,7-10,13-14H2,1-2H3,(H2,23,25,26). The van der Waals surface area contributed by atoms with Gasteiger partial charge >= 0.3 is 0 Å². The Hall–Kier alpha value is -2.74. The Balaban J connectivity index is 1.55. The van der Waals surface area contributed by atoms with Crippen molar-refractivity contribution in [3.05, 3.63) is 59.3 Å². The van der Waals surface area contributed by atoms with E-state index in [0.29, 0.717) is 12.5 Å². The highest BCUT2D eigenvalue weighted by Crippen LogP contribution is 2.15. The van der Waals surface area contributed by atoms with E-state index in [0.717, 1.165) is 49.7 Å². The number of anilines is 1. The number of likely N-dealkylation sites (N-methyl/N-ethyl adjacent to an activating group) is 1. The Labute approximate surface area is 164 Å². The topological polar surface area (TPSA) is 55.8 Å². The lowest BCUT2D eigenvalue weighted by atomic mass is 10.2. The highest BCUT2D eigenvalue weighted by molar-refractivity contribution is 5.79. The molecule has 2 N–H and O–H groups in total. The van der Waals surface area contributed by atoms with Crippen LogP contribution in [-0.4, -0.2) is 56.1 Å². The Morgan fingerprint density at radius 2 is 1.82 bits per heavy atom. The molecule has 6 nitrogen and oxygen atoms in total. The molecule has 2 aromatic rings. The van der Waals surface area contributed by atoms with Gasteiger partial charge in [0.05, 0.1) is 0 Å². The van der Waals surface area contributed by atoms with Crippen molar-refractivity contribution in [2.75, 3.05) is 45.2 Å². The van der Waals surface area contributed by atoms with Gasteiger partial charge in [0.1, 0.15) is 17.5 Å². The summed E-state index contributed by atoms with van der Waals surface area (Å²) in [5.41, 5.74) is 1.33. The van der Waals surface area contributed by atoms with Gasteiger partial charge in [0.2, 0.25) is 0 Å². The summed E-state index contributed by atoms with van der Waals surface area (Å²) >= 11 is 0. The highest BCUT2D eigenvalue weighted by atomic mass is 19.1. The first-order chi connectivity index (χ1) is 13.5. The minimum Gasteiger partial charge on any atom is -0.354 e. The summed E-state index contributed by atoms with van der Waals surface area (Å²) in [4.78, 5) is 13.2. The second-order valence-electron chi connectivity index (χ2n) is 6.83. The molecule has 0 saturated carbocycles. The van der Waals surface area contributed by atoms with E-state index < -0.39 is 11.6 Å². The van der Waals surface area contributed by atoms with Crippen molar-refractivity contribution in [1.82, 2.24) is 20.5 Å². The van der Waals surface area contributed by atoms with Crippen LogP contribution in [0.25, 0.3) is 0 Å². The fourth-order valence-corrected chi connectivity index (χ4v) is 3.04. The second kappa shape index (κ2) is 9.45. The first-order valence-electron chi connectivity index (χ1n) is 9.32. The zero-order valence-electron chi connectivity index (χ0n) is 16.3. The van der Waals surface area contributed by atoms with E-state index in [-0.39, 0.29) is 12.1 Å². The Bertz CT molecular complexity index is 818. The minimum atomic E-state index is -0.464. The van der Waals surface area contributed by atoms with Gasteiger partial charge in [-0.1, -0.05) is 0 Å². The summed E-state index contributed by atoms with van der Waals surface area (Å²) in [6, 6.07) is 7.43. The number of nitrogens with zero attached hydrogens (tertiary/aromatic N) is 4. The molecule has 1 aliphatic rings. The van der Waals surface area contributed by atoms with Crippen LogP contribution in [0, 0.1) is 11.6 Å². The van der Waals surface area contributed by atoms with Crippen molar-refractivity contribution >= 4 is 11.8 Å². The van der Waals surface area contributed by atoms with Crippen molar-refractivity contribution in [3.8, 4) is 0 Å². The first-order valence-corrected chi connectivity index (χ1v) is 9.32. The molecule has 28 heavy (non-hydrogen) atoms. The molecular formula is C20H26F2N6. The van der Waals surface area contributed by atoms with E-state index >= 15 is 0 Å². The predicted octanol–water partition coefficient (Wildman–Crippen LogP) is 1.98. The van der Waals surface area contributed by atoms with Crippen molar-refractivity contribution in [2.45, 2.75) is 13.1 Å². The van der Waals surface area contributed by atoms with Gasteiger partial charge in [0, 0.05) is 58.1 Å². The van der Waals surface area contributed by atoms with Gasteiger partial charge in [-0.25, -0.2) is 13.8 Å². The van der Waals surface area contributed by atoms with Crippen LogP contribution < -0.4 is 15.5 Å². The molecule has 0 aliphatic carbocycles. The van der Waals surface area contributed by atoms with Crippen LogP contribution in [0.4, 0.5) is 14.6 Å². The van der Waals surface area contributed by atoms with E-state index in [4.69, 9.17) is 0 Å². The molecule has 0 spiro atoms. The van der Waals surface area contributed by atoms with Gasteiger partial charge in [-0.2, -0.15) is 0 Å². The van der Waals surface area contributed by atoms with Gasteiger partial charge in [-0.15, -0.1) is 0 Å². The molecule has 2 heterocycles. The molecule has 1 aliphatic heterocycles. The second-order valence-corrected chi connectivity index (χ2v) is 6.83.